The second-order valence-corrected chi connectivity index (χ2v) is 2.45. The number of nitrogens with two attached hydrogens (primary N) is 1. The average Bonchev–Trinajstić information content (AvgIpc) is 1.89. The number of hydrogen-bond acceptors (Lipinski definition) is 3. The SMILES string of the molecule is CC(CC=O)C(N)CC=O. The molecule has 0 aliphatic heterocycles. The molecule has 2 N–H and O–H groups in total. The molecule has 0 fully saturated rings. The first-order valence-corrected chi connectivity index (χ1v) is 3.35. The molecule has 0 saturated carbocycles. The van der Waals surface area contributed by atoms with E-state index in [0.717, 1.165) is 12.6 Å². The van der Waals surface area contributed by atoms with E-state index >= 15 is 0 Å². The van der Waals surface area contributed by atoms with Crippen LogP contribution in [0.1, 0.15) is 19.8 Å². The van der Waals surface area contributed by atoms with Gasteiger partial charge in [0.1, 0.15) is 12.6 Å². The Hall–Kier alpha value is -0.700. The van der Waals surface area contributed by atoms with Crippen LogP contribution in [0.2, 0.25) is 0 Å². The molecule has 10 heavy (non-hydrogen) atoms. The smallest absolute Gasteiger partial charge is 0.121 e. The second-order valence-electron chi connectivity index (χ2n) is 2.45. The van der Waals surface area contributed by atoms with Crippen molar-refractivity contribution in [2.45, 2.75) is 25.8 Å². The molecule has 2 unspecified atom stereocenters. The summed E-state index contributed by atoms with van der Waals surface area (Å²) in [5.74, 6) is 0.114. The third kappa shape index (κ3) is 3.35. The Kier molecular flexibility index (Phi) is 4.76. The van der Waals surface area contributed by atoms with Crippen LogP contribution in [0, 0.1) is 5.92 Å². The molecule has 0 aliphatic carbocycles. The minimum atomic E-state index is -0.164. The van der Waals surface area contributed by atoms with Crippen molar-refractivity contribution in [3.63, 3.8) is 0 Å². The summed E-state index contributed by atoms with van der Waals surface area (Å²) in [4.78, 5) is 19.9. The van der Waals surface area contributed by atoms with Gasteiger partial charge < -0.3 is 15.3 Å². The highest BCUT2D eigenvalue weighted by Crippen LogP contribution is 2.05. The molecule has 0 radical (unpaired) electrons. The van der Waals surface area contributed by atoms with Gasteiger partial charge in [-0.25, -0.2) is 0 Å². The van der Waals surface area contributed by atoms with Gasteiger partial charge in [-0.3, -0.25) is 0 Å². The zero-order valence-electron chi connectivity index (χ0n) is 6.12. The summed E-state index contributed by atoms with van der Waals surface area (Å²) in [6, 6.07) is -0.164. The van der Waals surface area contributed by atoms with Gasteiger partial charge in [-0.1, -0.05) is 6.92 Å². The van der Waals surface area contributed by atoms with Gasteiger partial charge in [0, 0.05) is 18.9 Å². The topological polar surface area (TPSA) is 60.2 Å². The van der Waals surface area contributed by atoms with Gasteiger partial charge in [-0.15, -0.1) is 0 Å². The van der Waals surface area contributed by atoms with Crippen LogP contribution in [-0.4, -0.2) is 18.6 Å². The molecular formula is C7H13NO2. The van der Waals surface area contributed by atoms with Gasteiger partial charge in [0.05, 0.1) is 0 Å². The molecule has 3 nitrogen and oxygen atoms in total. The quantitative estimate of drug-likeness (QED) is 0.556. The van der Waals surface area contributed by atoms with Gasteiger partial charge in [-0.05, 0) is 5.92 Å². The van der Waals surface area contributed by atoms with Gasteiger partial charge in [0.15, 0.2) is 0 Å². The first-order chi connectivity index (χ1) is 4.72. The molecular weight excluding hydrogens is 130 g/mol. The van der Waals surface area contributed by atoms with Crippen molar-refractivity contribution in [3.05, 3.63) is 0 Å². The summed E-state index contributed by atoms with van der Waals surface area (Å²) >= 11 is 0. The number of carbonyl (C=O) groups is 2. The number of carbonyl (C=O) groups excluding carboxylic acids is 2. The zero-order chi connectivity index (χ0) is 7.98. The van der Waals surface area contributed by atoms with Gasteiger partial charge in [0.2, 0.25) is 0 Å². The molecule has 3 heteroatoms. The van der Waals surface area contributed by atoms with Crippen molar-refractivity contribution >= 4 is 12.6 Å². The Morgan fingerprint density at radius 2 is 1.80 bits per heavy atom. The summed E-state index contributed by atoms with van der Waals surface area (Å²) in [7, 11) is 0. The Morgan fingerprint density at radius 3 is 2.20 bits per heavy atom. The predicted octanol–water partition coefficient (Wildman–Crippen LogP) is 0.128. The van der Waals surface area contributed by atoms with Crippen LogP contribution in [0.5, 0.6) is 0 Å². The average molecular weight is 143 g/mol. The fourth-order valence-electron chi connectivity index (χ4n) is 0.670. The van der Waals surface area contributed by atoms with Gasteiger partial charge >= 0.3 is 0 Å². The number of hydrogen-bond donors (Lipinski definition) is 1. The van der Waals surface area contributed by atoms with E-state index in [0.29, 0.717) is 12.8 Å². The highest BCUT2D eigenvalue weighted by molar-refractivity contribution is 5.52. The summed E-state index contributed by atoms with van der Waals surface area (Å²) in [6.45, 7) is 1.86. The number of aldehydes is 2. The van der Waals surface area contributed by atoms with Crippen molar-refractivity contribution < 1.29 is 9.59 Å². The standard InChI is InChI=1S/C7H13NO2/c1-6(2-4-9)7(8)3-5-10/h4-7H,2-3,8H2,1H3. The van der Waals surface area contributed by atoms with Crippen LogP contribution >= 0.6 is 0 Å². The summed E-state index contributed by atoms with van der Waals surface area (Å²) < 4.78 is 0. The maximum absolute atomic E-state index is 9.98. The molecule has 0 aromatic rings. The second kappa shape index (κ2) is 5.11. The lowest BCUT2D eigenvalue weighted by molar-refractivity contribution is -0.110. The Morgan fingerprint density at radius 1 is 1.30 bits per heavy atom. The van der Waals surface area contributed by atoms with E-state index in [1.165, 1.54) is 0 Å². The maximum atomic E-state index is 9.98. The normalized spacial score (nSPS) is 15.8. The molecule has 0 aromatic heterocycles. The largest absolute Gasteiger partial charge is 0.327 e. The summed E-state index contributed by atoms with van der Waals surface area (Å²) in [6.07, 6.45) is 2.39. The van der Waals surface area contributed by atoms with E-state index in [-0.39, 0.29) is 12.0 Å². The van der Waals surface area contributed by atoms with Crippen LogP contribution in [0.3, 0.4) is 0 Å². The van der Waals surface area contributed by atoms with E-state index in [1.54, 1.807) is 0 Å². The molecule has 0 aliphatic rings. The van der Waals surface area contributed by atoms with Gasteiger partial charge in [-0.2, -0.15) is 0 Å². The Bertz CT molecular complexity index is 100. The van der Waals surface area contributed by atoms with E-state index in [2.05, 4.69) is 0 Å². The fraction of sp³-hybridized carbons (Fsp3) is 0.714. The van der Waals surface area contributed by atoms with Crippen molar-refractivity contribution in [3.8, 4) is 0 Å². The first-order valence-electron chi connectivity index (χ1n) is 3.35. The third-order valence-corrected chi connectivity index (χ3v) is 1.57. The Balaban J connectivity index is 3.56. The lowest BCUT2D eigenvalue weighted by Gasteiger charge is -2.13. The number of rotatable bonds is 5. The van der Waals surface area contributed by atoms with Crippen molar-refractivity contribution in [1.29, 1.82) is 0 Å². The summed E-state index contributed by atoms with van der Waals surface area (Å²) in [5, 5.41) is 0. The molecule has 0 spiro atoms. The molecule has 2 atom stereocenters. The molecule has 0 amide bonds. The van der Waals surface area contributed by atoms with Crippen LogP contribution in [0.4, 0.5) is 0 Å². The molecule has 0 rings (SSSR count). The van der Waals surface area contributed by atoms with Crippen molar-refractivity contribution in [1.82, 2.24) is 0 Å². The highest BCUT2D eigenvalue weighted by Gasteiger charge is 2.10. The zero-order valence-corrected chi connectivity index (χ0v) is 6.12. The first kappa shape index (κ1) is 9.30. The predicted molar refractivity (Wildman–Crippen MR) is 38.5 cm³/mol. The summed E-state index contributed by atoms with van der Waals surface area (Å²) in [5.41, 5.74) is 5.52. The minimum absolute atomic E-state index is 0.114. The van der Waals surface area contributed by atoms with E-state index in [4.69, 9.17) is 5.73 Å². The monoisotopic (exact) mass is 143 g/mol. The van der Waals surface area contributed by atoms with E-state index < -0.39 is 0 Å². The Labute approximate surface area is 60.6 Å². The molecule has 0 heterocycles. The van der Waals surface area contributed by atoms with Crippen LogP contribution in [0.25, 0.3) is 0 Å². The van der Waals surface area contributed by atoms with E-state index in [9.17, 15) is 9.59 Å². The van der Waals surface area contributed by atoms with Crippen LogP contribution in [-0.2, 0) is 9.59 Å². The molecule has 0 saturated heterocycles. The maximum Gasteiger partial charge on any atom is 0.121 e. The molecule has 0 bridgehead atoms. The van der Waals surface area contributed by atoms with Crippen LogP contribution < -0.4 is 5.73 Å². The fourth-order valence-corrected chi connectivity index (χ4v) is 0.670. The third-order valence-electron chi connectivity index (χ3n) is 1.57. The van der Waals surface area contributed by atoms with Crippen LogP contribution in [0.15, 0.2) is 0 Å². The highest BCUT2D eigenvalue weighted by atomic mass is 16.1. The molecule has 58 valence electrons. The lowest BCUT2D eigenvalue weighted by Crippen LogP contribution is -2.28. The van der Waals surface area contributed by atoms with Crippen molar-refractivity contribution in [2.24, 2.45) is 11.7 Å². The molecule has 0 aromatic carbocycles. The van der Waals surface area contributed by atoms with E-state index in [1.807, 2.05) is 6.92 Å². The van der Waals surface area contributed by atoms with Gasteiger partial charge in [0.25, 0.3) is 0 Å². The minimum Gasteiger partial charge on any atom is -0.327 e. The van der Waals surface area contributed by atoms with Crippen molar-refractivity contribution in [2.75, 3.05) is 0 Å². The lowest BCUT2D eigenvalue weighted by atomic mass is 9.98.